The molecule has 86 heavy (non-hydrogen) atoms. The number of rotatable bonds is 15. The second-order valence-electron chi connectivity index (χ2n) is 19.1. The van der Waals surface area contributed by atoms with Gasteiger partial charge in [0.05, 0.1) is 18.8 Å². The predicted octanol–water partition coefficient (Wildman–Crippen LogP) is 14.2. The van der Waals surface area contributed by atoms with E-state index < -0.39 is 0 Å². The molecule has 13 rings (SSSR count). The molecule has 13 aromatic rings. The van der Waals surface area contributed by atoms with Gasteiger partial charge in [-0.1, -0.05) is 72.8 Å². The van der Waals surface area contributed by atoms with Crippen LogP contribution in [0.5, 0.6) is 0 Å². The molecule has 20 heteroatoms. The van der Waals surface area contributed by atoms with Gasteiger partial charge in [0.25, 0.3) is 35.4 Å². The van der Waals surface area contributed by atoms with Crippen LogP contribution in [0, 0.1) is 0 Å². The fourth-order valence-electron chi connectivity index (χ4n) is 8.64. The number of carbonyl (C=O) groups excluding carboxylic acids is 5. The number of hydrogen-bond donors (Lipinski definition) is 3. The van der Waals surface area contributed by atoms with E-state index in [1.807, 2.05) is 72.8 Å². The maximum atomic E-state index is 12.7. The van der Waals surface area contributed by atoms with Gasteiger partial charge in [-0.25, -0.2) is 0 Å². The van der Waals surface area contributed by atoms with Gasteiger partial charge >= 0.3 is 0 Å². The monoisotopic (exact) mass is 1140 g/mol. The number of fused-ring (bicyclic) bond motifs is 1. The summed E-state index contributed by atoms with van der Waals surface area (Å²) < 4.78 is 32.7. The molecule has 0 atom stereocenters. The summed E-state index contributed by atoms with van der Waals surface area (Å²) in [7, 11) is 0. The molecule has 0 aliphatic heterocycles. The molecule has 0 aliphatic rings. The minimum Gasteiger partial charge on any atom is -0.459 e. The topological polar surface area (TPSA) is 278 Å². The van der Waals surface area contributed by atoms with E-state index in [-0.39, 0.29) is 41.1 Å². The number of amides is 3. The smallest absolute Gasteiger partial charge is 0.283 e. The summed E-state index contributed by atoms with van der Waals surface area (Å²) in [5.74, 6) is 2.47. The molecule has 7 aromatic carbocycles. The Bertz CT molecular complexity index is 4520. The fraction of sp³-hybridized carbons (Fsp3) is 0.0455. The van der Waals surface area contributed by atoms with Crippen molar-refractivity contribution >= 4 is 57.1 Å². The second-order valence-corrected chi connectivity index (χ2v) is 19.1. The Hall–Kier alpha value is -12.2. The Kier molecular flexibility index (Phi) is 16.7. The van der Waals surface area contributed by atoms with E-state index in [4.69, 9.17) is 26.5 Å². The molecular weight excluding hydrogens is 1090 g/mol. The number of Topliss-reactive ketones (excluding diaryl/α,β-unsaturated/α-hetero) is 2. The SMILES string of the molecule is CC(=O)Cc1cccc(C(=O)Nc2cccc(-c3nnc(-c4ccco4)o3)c2)c1.CC(=O)c1cccc(C(=O)Nc2cccc(-c3nnc(-c4ccco4)o3)c2)c1.O=C(Nc1cccc(-c2nnc(-c3ccco3)o2)c1)c1ccc2ccccc2c1. The number of carbonyl (C=O) groups is 5. The van der Waals surface area contributed by atoms with E-state index in [9.17, 15) is 24.0 Å². The van der Waals surface area contributed by atoms with Crippen molar-refractivity contribution in [1.82, 2.24) is 30.6 Å². The van der Waals surface area contributed by atoms with Crippen LogP contribution in [0.4, 0.5) is 17.1 Å². The van der Waals surface area contributed by atoms with Crippen LogP contribution in [0.2, 0.25) is 0 Å². The maximum absolute atomic E-state index is 12.7. The third-order valence-corrected chi connectivity index (χ3v) is 12.8. The molecule has 0 bridgehead atoms. The van der Waals surface area contributed by atoms with Crippen molar-refractivity contribution in [1.29, 1.82) is 0 Å². The third kappa shape index (κ3) is 13.8. The lowest BCUT2D eigenvalue weighted by atomic mass is 10.1. The Morgan fingerprint density at radius 2 is 0.744 bits per heavy atom. The minimum absolute atomic E-state index is 0.0451. The second kappa shape index (κ2) is 25.7. The molecule has 0 saturated carbocycles. The lowest BCUT2D eigenvalue weighted by Gasteiger charge is -2.07. The van der Waals surface area contributed by atoms with Crippen LogP contribution >= 0.6 is 0 Å². The van der Waals surface area contributed by atoms with Gasteiger partial charge in [-0.2, -0.15) is 0 Å². The molecule has 0 spiro atoms. The molecule has 422 valence electrons. The number of ketones is 2. The number of nitrogens with one attached hydrogen (secondary N) is 3. The summed E-state index contributed by atoms with van der Waals surface area (Å²) in [6.45, 7) is 2.98. The maximum Gasteiger partial charge on any atom is 0.283 e. The van der Waals surface area contributed by atoms with Gasteiger partial charge in [0.15, 0.2) is 23.1 Å². The van der Waals surface area contributed by atoms with Crippen LogP contribution in [0.1, 0.15) is 60.8 Å². The summed E-state index contributed by atoms with van der Waals surface area (Å²) in [5.41, 5.74) is 6.56. The van der Waals surface area contributed by atoms with Crippen molar-refractivity contribution in [3.05, 3.63) is 247 Å². The van der Waals surface area contributed by atoms with Crippen molar-refractivity contribution in [2.45, 2.75) is 20.3 Å². The van der Waals surface area contributed by atoms with Gasteiger partial charge in [0, 0.05) is 62.4 Å². The summed E-state index contributed by atoms with van der Waals surface area (Å²) >= 11 is 0. The highest BCUT2D eigenvalue weighted by molar-refractivity contribution is 6.08. The summed E-state index contributed by atoms with van der Waals surface area (Å²) in [4.78, 5) is 60.6. The molecule has 6 aromatic heterocycles. The summed E-state index contributed by atoms with van der Waals surface area (Å²) in [6, 6.07) is 59.0. The van der Waals surface area contributed by atoms with Crippen LogP contribution in [0.25, 0.3) is 80.1 Å². The Balaban J connectivity index is 0.000000134. The van der Waals surface area contributed by atoms with Gasteiger partial charge in [-0.3, -0.25) is 24.0 Å². The molecular formula is C66H47N9O11. The number of anilines is 3. The number of aromatic nitrogens is 6. The van der Waals surface area contributed by atoms with E-state index in [1.165, 1.54) is 26.4 Å². The Morgan fingerprint density at radius 3 is 1.17 bits per heavy atom. The molecule has 0 aliphatic carbocycles. The fourth-order valence-corrected chi connectivity index (χ4v) is 8.64. The van der Waals surface area contributed by atoms with Gasteiger partial charge < -0.3 is 42.5 Å². The number of benzene rings is 7. The van der Waals surface area contributed by atoms with Crippen molar-refractivity contribution in [3.8, 4) is 69.3 Å². The van der Waals surface area contributed by atoms with Gasteiger partial charge in [-0.15, -0.1) is 30.6 Å². The van der Waals surface area contributed by atoms with Crippen molar-refractivity contribution in [2.24, 2.45) is 0 Å². The van der Waals surface area contributed by atoms with Crippen molar-refractivity contribution < 1.29 is 50.5 Å². The first kappa shape index (κ1) is 55.7. The van der Waals surface area contributed by atoms with E-state index in [0.717, 1.165) is 16.3 Å². The highest BCUT2D eigenvalue weighted by Gasteiger charge is 2.18. The lowest BCUT2D eigenvalue weighted by Crippen LogP contribution is -2.12. The Morgan fingerprint density at radius 1 is 0.349 bits per heavy atom. The molecule has 0 unspecified atom stereocenters. The Labute approximate surface area is 488 Å². The molecule has 20 nitrogen and oxygen atoms in total. The van der Waals surface area contributed by atoms with Crippen molar-refractivity contribution in [3.63, 3.8) is 0 Å². The third-order valence-electron chi connectivity index (χ3n) is 12.8. The van der Waals surface area contributed by atoms with Crippen molar-refractivity contribution in [2.75, 3.05) is 16.0 Å². The van der Waals surface area contributed by atoms with Crippen LogP contribution < -0.4 is 16.0 Å². The predicted molar refractivity (Wildman–Crippen MR) is 317 cm³/mol. The normalized spacial score (nSPS) is 10.7. The van der Waals surface area contributed by atoms with Gasteiger partial charge in [-0.05, 0) is 158 Å². The quantitative estimate of drug-likeness (QED) is 0.0804. The van der Waals surface area contributed by atoms with Crippen LogP contribution in [-0.4, -0.2) is 59.9 Å². The van der Waals surface area contributed by atoms with Crippen LogP contribution in [0.15, 0.2) is 245 Å². The van der Waals surface area contributed by atoms with E-state index in [0.29, 0.717) is 103 Å². The number of nitrogens with zero attached hydrogens (tertiary/aromatic N) is 6. The zero-order valence-corrected chi connectivity index (χ0v) is 45.7. The molecule has 3 amide bonds. The van der Waals surface area contributed by atoms with E-state index >= 15 is 0 Å². The highest BCUT2D eigenvalue weighted by Crippen LogP contribution is 2.30. The van der Waals surface area contributed by atoms with Gasteiger partial charge in [0.2, 0.25) is 17.7 Å². The molecule has 0 saturated heterocycles. The largest absolute Gasteiger partial charge is 0.459 e. The summed E-state index contributed by atoms with van der Waals surface area (Å²) in [5, 5.41) is 34.8. The summed E-state index contributed by atoms with van der Waals surface area (Å²) in [6.07, 6.45) is 4.89. The first-order chi connectivity index (χ1) is 41.9. The molecule has 3 N–H and O–H groups in total. The van der Waals surface area contributed by atoms with Gasteiger partial charge in [0.1, 0.15) is 5.78 Å². The van der Waals surface area contributed by atoms with Crippen LogP contribution in [-0.2, 0) is 11.2 Å². The van der Waals surface area contributed by atoms with Crippen LogP contribution in [0.3, 0.4) is 0 Å². The lowest BCUT2D eigenvalue weighted by molar-refractivity contribution is -0.116. The first-order valence-electron chi connectivity index (χ1n) is 26.5. The zero-order valence-electron chi connectivity index (χ0n) is 45.7. The average molecular weight is 1140 g/mol. The molecule has 0 fully saturated rings. The molecule has 0 radical (unpaired) electrons. The molecule has 6 heterocycles. The highest BCUT2D eigenvalue weighted by atomic mass is 16.4. The number of hydrogen-bond acceptors (Lipinski definition) is 17. The van der Waals surface area contributed by atoms with E-state index in [2.05, 4.69) is 46.5 Å². The first-order valence-corrected chi connectivity index (χ1v) is 26.5. The standard InChI is InChI=1S/C23H15N3O3.C22H17N3O4.C21H15N3O4/c27-21(17-11-10-15-5-1-2-6-16(15)13-17)24-19-8-3-7-18(14-19)22-25-26-23(29-22)20-9-4-12-28-20;1-14(26)11-15-5-2-6-16(12-15)20(27)23-18-8-3-7-17(13-18)21-24-25-22(29-21)19-9-4-10-28-19;1-13(25)14-5-2-6-15(11-14)19(26)22-17-8-3-7-16(12-17)20-23-24-21(28-20)18-9-4-10-27-18/h1-14H,(H,24,27);2-10,12-13H,11H2,1H3,(H,23,27);2-12H,1H3,(H,22,26). The zero-order chi connectivity index (χ0) is 59.4. The average Bonchev–Trinajstić information content (AvgIpc) is 4.49. The number of furan rings is 3. The minimum atomic E-state index is -0.318. The van der Waals surface area contributed by atoms with E-state index in [1.54, 1.807) is 134 Å².